The predicted molar refractivity (Wildman–Crippen MR) is 63.2 cm³/mol. The van der Waals surface area contributed by atoms with Crippen LogP contribution in [0.5, 0.6) is 0 Å². The van der Waals surface area contributed by atoms with Crippen molar-refractivity contribution in [1.29, 1.82) is 0 Å². The number of aromatic nitrogens is 3. The Hall–Kier alpha value is -2.21. The Kier molecular flexibility index (Phi) is 3.69. The van der Waals surface area contributed by atoms with Crippen LogP contribution < -0.4 is 0 Å². The normalized spacial score (nSPS) is 10.3. The highest BCUT2D eigenvalue weighted by Gasteiger charge is 2.08. The minimum absolute atomic E-state index is 0.146. The van der Waals surface area contributed by atoms with Gasteiger partial charge in [0.05, 0.1) is 36.4 Å². The third-order valence-corrected chi connectivity index (χ3v) is 2.40. The summed E-state index contributed by atoms with van der Waals surface area (Å²) in [6.45, 7) is 1.96. The van der Waals surface area contributed by atoms with E-state index < -0.39 is 0 Å². The Morgan fingerprint density at radius 3 is 2.72 bits per heavy atom. The molecule has 0 amide bonds. The Balaban J connectivity index is 2.25. The van der Waals surface area contributed by atoms with E-state index in [-0.39, 0.29) is 12.6 Å². The van der Waals surface area contributed by atoms with Crippen LogP contribution in [0.3, 0.4) is 0 Å². The molecule has 0 unspecified atom stereocenters. The Morgan fingerprint density at radius 2 is 2.11 bits per heavy atom. The molecule has 0 saturated carbocycles. The van der Waals surface area contributed by atoms with Crippen LogP contribution in [-0.2, 0) is 11.3 Å². The monoisotopic (exact) mass is 247 g/mol. The number of aliphatic hydroxyl groups is 1. The number of carbonyl (C=O) groups is 1. The van der Waals surface area contributed by atoms with Gasteiger partial charge in [-0.3, -0.25) is 0 Å². The number of carbonyl (C=O) groups excluding carboxylic acids is 1. The van der Waals surface area contributed by atoms with Gasteiger partial charge in [0.2, 0.25) is 0 Å². The van der Waals surface area contributed by atoms with Crippen molar-refractivity contribution >= 4 is 5.97 Å². The van der Waals surface area contributed by atoms with E-state index in [1.807, 2.05) is 0 Å². The molecular formula is C12H13N3O3. The maximum Gasteiger partial charge on any atom is 0.338 e. The molecule has 0 bridgehead atoms. The Labute approximate surface area is 104 Å². The first-order chi connectivity index (χ1) is 8.76. The van der Waals surface area contributed by atoms with E-state index in [2.05, 4.69) is 10.3 Å². The second-order valence-corrected chi connectivity index (χ2v) is 3.56. The first-order valence-corrected chi connectivity index (χ1v) is 5.54. The highest BCUT2D eigenvalue weighted by atomic mass is 16.5. The fourth-order valence-electron chi connectivity index (χ4n) is 1.53. The van der Waals surface area contributed by atoms with Gasteiger partial charge >= 0.3 is 5.97 Å². The summed E-state index contributed by atoms with van der Waals surface area (Å²) < 4.78 is 6.40. The molecule has 2 aromatic rings. The molecular weight excluding hydrogens is 234 g/mol. The van der Waals surface area contributed by atoms with Gasteiger partial charge < -0.3 is 9.84 Å². The predicted octanol–water partition coefficient (Wildman–Crippen LogP) is 0.936. The van der Waals surface area contributed by atoms with Crippen molar-refractivity contribution in [3.05, 3.63) is 41.7 Å². The zero-order chi connectivity index (χ0) is 13.0. The van der Waals surface area contributed by atoms with Gasteiger partial charge in [0.25, 0.3) is 0 Å². The van der Waals surface area contributed by atoms with Crippen molar-refractivity contribution in [3.8, 4) is 5.69 Å². The number of hydrogen-bond acceptors (Lipinski definition) is 5. The van der Waals surface area contributed by atoms with Crippen LogP contribution in [0.15, 0.2) is 30.5 Å². The van der Waals surface area contributed by atoms with Crippen molar-refractivity contribution in [2.24, 2.45) is 0 Å². The maximum absolute atomic E-state index is 11.5. The van der Waals surface area contributed by atoms with Gasteiger partial charge in [-0.15, -0.1) is 5.10 Å². The van der Waals surface area contributed by atoms with Gasteiger partial charge in [0.15, 0.2) is 0 Å². The number of esters is 1. The van der Waals surface area contributed by atoms with Crippen molar-refractivity contribution in [2.75, 3.05) is 6.61 Å². The summed E-state index contributed by atoms with van der Waals surface area (Å²) in [5.74, 6) is -0.356. The Morgan fingerprint density at radius 1 is 1.39 bits per heavy atom. The van der Waals surface area contributed by atoms with Crippen LogP contribution in [-0.4, -0.2) is 32.7 Å². The van der Waals surface area contributed by atoms with Gasteiger partial charge in [0, 0.05) is 0 Å². The van der Waals surface area contributed by atoms with Gasteiger partial charge in [-0.2, -0.15) is 0 Å². The van der Waals surface area contributed by atoms with Crippen LogP contribution >= 0.6 is 0 Å². The molecule has 2 rings (SSSR count). The molecule has 6 nitrogen and oxygen atoms in total. The van der Waals surface area contributed by atoms with Crippen LogP contribution in [0.4, 0.5) is 0 Å². The highest BCUT2D eigenvalue weighted by Crippen LogP contribution is 2.11. The lowest BCUT2D eigenvalue weighted by molar-refractivity contribution is 0.0526. The van der Waals surface area contributed by atoms with Gasteiger partial charge in [0.1, 0.15) is 0 Å². The van der Waals surface area contributed by atoms with Crippen LogP contribution in [0.2, 0.25) is 0 Å². The minimum atomic E-state index is -0.356. The molecule has 1 aromatic carbocycles. The molecule has 0 aliphatic rings. The molecule has 0 spiro atoms. The lowest BCUT2D eigenvalue weighted by Crippen LogP contribution is -2.06. The third kappa shape index (κ3) is 2.38. The quantitative estimate of drug-likeness (QED) is 0.813. The molecule has 94 valence electrons. The third-order valence-electron chi connectivity index (χ3n) is 2.40. The van der Waals surface area contributed by atoms with Crippen LogP contribution in [0, 0.1) is 0 Å². The van der Waals surface area contributed by atoms with E-state index in [1.165, 1.54) is 10.9 Å². The number of hydrogen-bond donors (Lipinski definition) is 1. The fraction of sp³-hybridized carbons (Fsp3) is 0.250. The lowest BCUT2D eigenvalue weighted by atomic mass is 10.2. The molecule has 0 aliphatic carbocycles. The standard InChI is InChI=1S/C12H13N3O3/c1-2-18-12(17)9-3-5-10(6-4-9)15-11(8-16)7-13-14-15/h3-7,16H,2,8H2,1H3. The van der Waals surface area contributed by atoms with E-state index in [0.717, 1.165) is 5.69 Å². The fourth-order valence-corrected chi connectivity index (χ4v) is 1.53. The smallest absolute Gasteiger partial charge is 0.338 e. The number of benzene rings is 1. The summed E-state index contributed by atoms with van der Waals surface area (Å²) in [5.41, 5.74) is 1.79. The van der Waals surface area contributed by atoms with E-state index >= 15 is 0 Å². The van der Waals surface area contributed by atoms with Crippen molar-refractivity contribution in [2.45, 2.75) is 13.5 Å². The summed E-state index contributed by atoms with van der Waals surface area (Å²) in [6.07, 6.45) is 1.49. The number of aliphatic hydroxyl groups excluding tert-OH is 1. The second-order valence-electron chi connectivity index (χ2n) is 3.56. The molecule has 0 saturated heterocycles. The first kappa shape index (κ1) is 12.3. The molecule has 6 heteroatoms. The number of rotatable bonds is 4. The van der Waals surface area contributed by atoms with Crippen LogP contribution in [0.25, 0.3) is 5.69 Å². The maximum atomic E-state index is 11.5. The molecule has 0 atom stereocenters. The molecule has 0 radical (unpaired) electrons. The average Bonchev–Trinajstić information content (AvgIpc) is 2.87. The zero-order valence-electron chi connectivity index (χ0n) is 9.91. The van der Waals surface area contributed by atoms with E-state index in [4.69, 9.17) is 9.84 Å². The largest absolute Gasteiger partial charge is 0.462 e. The van der Waals surface area contributed by atoms with Gasteiger partial charge in [-0.1, -0.05) is 5.21 Å². The van der Waals surface area contributed by atoms with E-state index in [1.54, 1.807) is 31.2 Å². The van der Waals surface area contributed by atoms with Gasteiger partial charge in [-0.25, -0.2) is 9.48 Å². The summed E-state index contributed by atoms with van der Waals surface area (Å²) in [4.78, 5) is 11.5. The van der Waals surface area contributed by atoms with Crippen molar-refractivity contribution in [1.82, 2.24) is 15.0 Å². The topological polar surface area (TPSA) is 77.2 Å². The molecule has 0 fully saturated rings. The SMILES string of the molecule is CCOC(=O)c1ccc(-n2nncc2CO)cc1. The van der Waals surface area contributed by atoms with Crippen molar-refractivity contribution in [3.63, 3.8) is 0 Å². The summed E-state index contributed by atoms with van der Waals surface area (Å²) in [5, 5.41) is 16.7. The molecule has 18 heavy (non-hydrogen) atoms. The van der Waals surface area contributed by atoms with Crippen LogP contribution in [0.1, 0.15) is 23.0 Å². The lowest BCUT2D eigenvalue weighted by Gasteiger charge is -2.05. The molecule has 1 heterocycles. The highest BCUT2D eigenvalue weighted by molar-refractivity contribution is 5.89. The Bertz CT molecular complexity index is 534. The van der Waals surface area contributed by atoms with E-state index in [9.17, 15) is 4.79 Å². The number of ether oxygens (including phenoxy) is 1. The van der Waals surface area contributed by atoms with Crippen molar-refractivity contribution < 1.29 is 14.6 Å². The second kappa shape index (κ2) is 5.42. The summed E-state index contributed by atoms with van der Waals surface area (Å²) >= 11 is 0. The van der Waals surface area contributed by atoms with Gasteiger partial charge in [-0.05, 0) is 31.2 Å². The molecule has 1 N–H and O–H groups in total. The minimum Gasteiger partial charge on any atom is -0.462 e. The summed E-state index contributed by atoms with van der Waals surface area (Å²) in [6, 6.07) is 6.74. The molecule has 1 aromatic heterocycles. The zero-order valence-corrected chi connectivity index (χ0v) is 9.91. The summed E-state index contributed by atoms with van der Waals surface area (Å²) in [7, 11) is 0. The number of nitrogens with zero attached hydrogens (tertiary/aromatic N) is 3. The van der Waals surface area contributed by atoms with E-state index in [0.29, 0.717) is 17.9 Å². The first-order valence-electron chi connectivity index (χ1n) is 5.54. The average molecular weight is 247 g/mol. The molecule has 0 aliphatic heterocycles.